The fraction of sp³-hybridized carbons (Fsp3) is 0.552. The molecule has 45 heavy (non-hydrogen) atoms. The van der Waals surface area contributed by atoms with Crippen molar-refractivity contribution in [3.05, 3.63) is 53.7 Å². The highest BCUT2D eigenvalue weighted by Gasteiger charge is 2.40. The first-order chi connectivity index (χ1) is 21.3. The van der Waals surface area contributed by atoms with Crippen molar-refractivity contribution in [2.45, 2.75) is 82.0 Å². The van der Waals surface area contributed by atoms with Crippen molar-refractivity contribution in [2.24, 2.45) is 11.8 Å². The maximum Gasteiger partial charge on any atom is 0.389 e. The number of halogens is 7. The Morgan fingerprint density at radius 2 is 1.76 bits per heavy atom. The minimum absolute atomic E-state index is 0.00415. The van der Waals surface area contributed by atoms with Gasteiger partial charge < -0.3 is 15.4 Å². The second-order valence-corrected chi connectivity index (χ2v) is 11.5. The number of nitrogens with one attached hydrogen (secondary N) is 2. The van der Waals surface area contributed by atoms with Crippen LogP contribution in [0.1, 0.15) is 85.2 Å². The van der Waals surface area contributed by atoms with Crippen LogP contribution in [0, 0.1) is 11.8 Å². The zero-order chi connectivity index (χ0) is 32.4. The second-order valence-electron chi connectivity index (χ2n) is 11.5. The van der Waals surface area contributed by atoms with E-state index in [1.165, 1.54) is 29.0 Å². The number of aromatic nitrogens is 4. The number of fused-ring (bicyclic) bond motifs is 1. The number of carbonyl (C=O) groups excluding carboxylic acids is 2. The van der Waals surface area contributed by atoms with Crippen LogP contribution >= 0.6 is 0 Å². The number of nitrogens with zero attached hydrogens (tertiary/aromatic N) is 4. The van der Waals surface area contributed by atoms with Gasteiger partial charge in [0.15, 0.2) is 5.65 Å². The van der Waals surface area contributed by atoms with Gasteiger partial charge in [0.2, 0.25) is 11.8 Å². The highest BCUT2D eigenvalue weighted by Crippen LogP contribution is 2.43. The lowest BCUT2D eigenvalue weighted by Gasteiger charge is -2.33. The van der Waals surface area contributed by atoms with Gasteiger partial charge in [-0.2, -0.15) is 18.3 Å². The standard InChI is InChI=1S/C29H31F7N6O3/c30-22(31)15-45-19-6-10-37-20(12-19)27(44)41-26(17-3-7-28(32,33)8-4-17)21-14-42-23(39-21)11-18(13-38-42)25(16-1-2-16)40-24(43)5-9-29(34,35)36/h6,10-14,16-17,22,25-26H,1-5,7-9,15H2,(H,40,43)(H,41,44)/t25?,26-/m0/s1. The summed E-state index contributed by atoms with van der Waals surface area (Å²) in [6, 6.07) is 2.75. The van der Waals surface area contributed by atoms with E-state index in [0.29, 0.717) is 16.9 Å². The third-order valence-electron chi connectivity index (χ3n) is 7.94. The number of amides is 2. The summed E-state index contributed by atoms with van der Waals surface area (Å²) in [5, 5.41) is 9.86. The maximum atomic E-state index is 14.0. The molecule has 2 saturated carbocycles. The summed E-state index contributed by atoms with van der Waals surface area (Å²) in [6.45, 7) is -0.876. The summed E-state index contributed by atoms with van der Waals surface area (Å²) in [7, 11) is 0. The van der Waals surface area contributed by atoms with Crippen molar-refractivity contribution in [1.29, 1.82) is 0 Å². The summed E-state index contributed by atoms with van der Waals surface area (Å²) in [6.07, 6.45) is -3.91. The summed E-state index contributed by atoms with van der Waals surface area (Å²) < 4.78 is 97.4. The van der Waals surface area contributed by atoms with E-state index in [1.54, 1.807) is 12.3 Å². The van der Waals surface area contributed by atoms with Gasteiger partial charge in [0.1, 0.15) is 18.1 Å². The molecular formula is C29H31F7N6O3. The Bertz CT molecular complexity index is 1500. The topological polar surface area (TPSA) is 111 Å². The van der Waals surface area contributed by atoms with E-state index in [9.17, 15) is 40.3 Å². The molecule has 0 spiro atoms. The molecule has 0 bridgehead atoms. The van der Waals surface area contributed by atoms with E-state index in [-0.39, 0.29) is 43.0 Å². The number of carbonyl (C=O) groups is 2. The van der Waals surface area contributed by atoms with Gasteiger partial charge in [-0.25, -0.2) is 27.1 Å². The average Bonchev–Trinajstić information content (AvgIpc) is 3.74. The molecular weight excluding hydrogens is 613 g/mol. The molecule has 2 amide bonds. The molecule has 244 valence electrons. The molecule has 0 radical (unpaired) electrons. The smallest absolute Gasteiger partial charge is 0.389 e. The van der Waals surface area contributed by atoms with Crippen molar-refractivity contribution < 1.29 is 45.1 Å². The number of imidazole rings is 1. The zero-order valence-corrected chi connectivity index (χ0v) is 23.9. The maximum absolute atomic E-state index is 14.0. The van der Waals surface area contributed by atoms with Gasteiger partial charge in [-0.1, -0.05) is 0 Å². The predicted octanol–water partition coefficient (Wildman–Crippen LogP) is 5.97. The van der Waals surface area contributed by atoms with Gasteiger partial charge >= 0.3 is 6.18 Å². The van der Waals surface area contributed by atoms with Crippen LogP contribution in [0.25, 0.3) is 5.65 Å². The van der Waals surface area contributed by atoms with E-state index in [2.05, 4.69) is 25.7 Å². The van der Waals surface area contributed by atoms with Crippen LogP contribution in [0.5, 0.6) is 5.75 Å². The Morgan fingerprint density at radius 1 is 1.04 bits per heavy atom. The first-order valence-electron chi connectivity index (χ1n) is 14.5. The van der Waals surface area contributed by atoms with E-state index in [4.69, 9.17) is 4.74 Å². The molecule has 2 aliphatic rings. The first kappa shape index (κ1) is 32.4. The molecule has 3 aromatic rings. The lowest BCUT2D eigenvalue weighted by Crippen LogP contribution is -2.37. The Balaban J connectivity index is 1.38. The van der Waals surface area contributed by atoms with Gasteiger partial charge in [-0.15, -0.1) is 0 Å². The fourth-order valence-electron chi connectivity index (χ4n) is 5.46. The molecule has 0 aliphatic heterocycles. The van der Waals surface area contributed by atoms with Gasteiger partial charge in [0, 0.05) is 31.5 Å². The Hall–Kier alpha value is -3.98. The minimum Gasteiger partial charge on any atom is -0.488 e. The molecule has 2 aliphatic carbocycles. The molecule has 1 unspecified atom stereocenters. The van der Waals surface area contributed by atoms with Gasteiger partial charge in [-0.3, -0.25) is 14.6 Å². The molecule has 0 aromatic carbocycles. The summed E-state index contributed by atoms with van der Waals surface area (Å²) >= 11 is 0. The Kier molecular flexibility index (Phi) is 9.49. The SMILES string of the molecule is O=C(CCC(F)(F)F)NC(c1cnn2cc([C@@H](NC(=O)c3cc(OCC(F)F)ccn3)C3CCC(F)(F)CC3)nc2c1)C1CC1. The number of hydrogen-bond donors (Lipinski definition) is 2. The van der Waals surface area contributed by atoms with Crippen molar-refractivity contribution in [1.82, 2.24) is 30.2 Å². The van der Waals surface area contributed by atoms with Gasteiger partial charge in [-0.05, 0) is 55.2 Å². The van der Waals surface area contributed by atoms with Crippen molar-refractivity contribution in [2.75, 3.05) is 6.61 Å². The third kappa shape index (κ3) is 8.81. The number of alkyl halides is 7. The molecule has 2 fully saturated rings. The van der Waals surface area contributed by atoms with Gasteiger partial charge in [0.05, 0.1) is 36.6 Å². The second kappa shape index (κ2) is 13.2. The Morgan fingerprint density at radius 3 is 2.42 bits per heavy atom. The Labute approximate surface area is 252 Å². The first-order valence-corrected chi connectivity index (χ1v) is 14.5. The quantitative estimate of drug-likeness (QED) is 0.235. The number of rotatable bonds is 12. The van der Waals surface area contributed by atoms with Crippen LogP contribution in [-0.4, -0.2) is 56.5 Å². The van der Waals surface area contributed by atoms with Crippen LogP contribution in [0.4, 0.5) is 30.7 Å². The van der Waals surface area contributed by atoms with E-state index >= 15 is 0 Å². The fourth-order valence-corrected chi connectivity index (χ4v) is 5.46. The molecule has 5 rings (SSSR count). The predicted molar refractivity (Wildman–Crippen MR) is 145 cm³/mol. The van der Waals surface area contributed by atoms with Crippen molar-refractivity contribution >= 4 is 17.5 Å². The highest BCUT2D eigenvalue weighted by molar-refractivity contribution is 5.92. The number of hydrogen-bond acceptors (Lipinski definition) is 6. The average molecular weight is 645 g/mol. The molecule has 16 heteroatoms. The van der Waals surface area contributed by atoms with Crippen LogP contribution < -0.4 is 15.4 Å². The molecule has 3 heterocycles. The largest absolute Gasteiger partial charge is 0.488 e. The lowest BCUT2D eigenvalue weighted by atomic mass is 9.81. The molecule has 3 aromatic heterocycles. The third-order valence-corrected chi connectivity index (χ3v) is 7.94. The molecule has 2 N–H and O–H groups in total. The van der Waals surface area contributed by atoms with Crippen LogP contribution in [0.3, 0.4) is 0 Å². The lowest BCUT2D eigenvalue weighted by molar-refractivity contribution is -0.144. The normalized spacial score (nSPS) is 18.5. The number of pyridine rings is 1. The summed E-state index contributed by atoms with van der Waals surface area (Å²) in [4.78, 5) is 34.2. The molecule has 9 nitrogen and oxygen atoms in total. The van der Waals surface area contributed by atoms with Crippen molar-refractivity contribution in [3.63, 3.8) is 0 Å². The monoisotopic (exact) mass is 644 g/mol. The van der Waals surface area contributed by atoms with Crippen LogP contribution in [0.15, 0.2) is 36.8 Å². The molecule has 2 atom stereocenters. The zero-order valence-electron chi connectivity index (χ0n) is 23.9. The summed E-state index contributed by atoms with van der Waals surface area (Å²) in [5.74, 6) is -4.65. The van der Waals surface area contributed by atoms with Crippen LogP contribution in [-0.2, 0) is 4.79 Å². The highest BCUT2D eigenvalue weighted by atomic mass is 19.4. The van der Waals surface area contributed by atoms with E-state index in [0.717, 1.165) is 12.8 Å². The van der Waals surface area contributed by atoms with Gasteiger partial charge in [0.25, 0.3) is 12.3 Å². The van der Waals surface area contributed by atoms with Crippen LogP contribution in [0.2, 0.25) is 0 Å². The van der Waals surface area contributed by atoms with E-state index < -0.39 is 67.8 Å². The summed E-state index contributed by atoms with van der Waals surface area (Å²) in [5.41, 5.74) is 1.06. The minimum atomic E-state index is -4.46. The van der Waals surface area contributed by atoms with Crippen molar-refractivity contribution in [3.8, 4) is 5.75 Å². The van der Waals surface area contributed by atoms with E-state index in [1.807, 2.05) is 0 Å². The molecule has 0 saturated heterocycles. The number of ether oxygens (including phenoxy) is 1.